The van der Waals surface area contributed by atoms with Gasteiger partial charge in [-0.3, -0.25) is 38.4 Å². The van der Waals surface area contributed by atoms with Crippen LogP contribution in [0.4, 0.5) is 28.4 Å². The lowest BCUT2D eigenvalue weighted by Crippen LogP contribution is -2.38. The molecule has 0 fully saturated rings. The maximum Gasteiger partial charge on any atom is 0.291 e. The molecule has 6 aromatic heterocycles. The number of nitrogens with two attached hydrogens (primary N) is 1. The molecular formula is C44H54N16O8. The van der Waals surface area contributed by atoms with Gasteiger partial charge in [0.05, 0.1) is 35.0 Å². The predicted octanol–water partition coefficient (Wildman–Crippen LogP) is 1.47. The van der Waals surface area contributed by atoms with Gasteiger partial charge in [-0.15, -0.1) is 0 Å². The van der Waals surface area contributed by atoms with Gasteiger partial charge in [0.15, 0.2) is 5.82 Å². The van der Waals surface area contributed by atoms with Crippen LogP contribution >= 0.6 is 0 Å². The smallest absolute Gasteiger partial charge is 0.291 e. The lowest BCUT2D eigenvalue weighted by molar-refractivity contribution is -0.120. The molecule has 0 atom stereocenters. The van der Waals surface area contributed by atoms with E-state index in [4.69, 9.17) is 5.73 Å². The molecule has 0 aliphatic carbocycles. The average molecular weight is 935 g/mol. The Morgan fingerprint density at radius 3 is 1.25 bits per heavy atom. The van der Waals surface area contributed by atoms with Crippen molar-refractivity contribution in [2.45, 2.75) is 19.3 Å². The zero-order valence-corrected chi connectivity index (χ0v) is 38.4. The van der Waals surface area contributed by atoms with Gasteiger partial charge >= 0.3 is 0 Å². The minimum atomic E-state index is -0.506. The van der Waals surface area contributed by atoms with Gasteiger partial charge in [0.2, 0.25) is 11.8 Å². The van der Waals surface area contributed by atoms with Crippen LogP contribution in [0.1, 0.15) is 82.3 Å². The van der Waals surface area contributed by atoms with E-state index in [9.17, 15) is 38.4 Å². The number of hydrogen-bond acceptors (Lipinski definition) is 10. The fourth-order valence-electron chi connectivity index (χ4n) is 7.06. The second-order valence-electron chi connectivity index (χ2n) is 15.9. The van der Waals surface area contributed by atoms with Crippen molar-refractivity contribution < 1.29 is 38.4 Å². The minimum Gasteiger partial charge on any atom is -0.355 e. The van der Waals surface area contributed by atoms with Crippen LogP contribution in [0.3, 0.4) is 0 Å². The van der Waals surface area contributed by atoms with E-state index in [1.807, 2.05) is 0 Å². The molecule has 0 unspecified atom stereocenters. The van der Waals surface area contributed by atoms with Gasteiger partial charge in [-0.1, -0.05) is 0 Å². The molecule has 0 saturated carbocycles. The molecule has 358 valence electrons. The van der Waals surface area contributed by atoms with Gasteiger partial charge in [-0.05, 0) is 49.7 Å². The lowest BCUT2D eigenvalue weighted by atomic mass is 10.2. The summed E-state index contributed by atoms with van der Waals surface area (Å²) in [5.41, 5.74) is 8.43. The average Bonchev–Trinajstić information content (AvgIpc) is 4.15. The van der Waals surface area contributed by atoms with Crippen LogP contribution < -0.4 is 48.3 Å². The summed E-state index contributed by atoms with van der Waals surface area (Å²) in [7, 11) is 9.91. The monoisotopic (exact) mass is 934 g/mol. The molecule has 0 aromatic carbocycles. The number of nitrogens with zero attached hydrogens (tertiary/aromatic N) is 7. The quantitative estimate of drug-likeness (QED) is 0.0497. The summed E-state index contributed by atoms with van der Waals surface area (Å²) in [6.07, 6.45) is 12.0. The largest absolute Gasteiger partial charge is 0.355 e. The van der Waals surface area contributed by atoms with Gasteiger partial charge in [0.1, 0.15) is 28.5 Å². The van der Waals surface area contributed by atoms with Crippen LogP contribution in [-0.4, -0.2) is 106 Å². The van der Waals surface area contributed by atoms with Crippen molar-refractivity contribution in [2.24, 2.45) is 48.0 Å². The number of amides is 8. The van der Waals surface area contributed by atoms with E-state index in [1.165, 1.54) is 50.2 Å². The lowest BCUT2D eigenvalue weighted by Gasteiger charge is -2.06. The minimum absolute atomic E-state index is 0.0625. The van der Waals surface area contributed by atoms with E-state index < -0.39 is 35.4 Å². The van der Waals surface area contributed by atoms with Crippen LogP contribution in [0.15, 0.2) is 73.7 Å². The number of imidazole rings is 1. The molecule has 68 heavy (non-hydrogen) atoms. The van der Waals surface area contributed by atoms with E-state index in [0.29, 0.717) is 54.4 Å². The van der Waals surface area contributed by atoms with E-state index >= 15 is 0 Å². The molecule has 0 spiro atoms. The van der Waals surface area contributed by atoms with Crippen molar-refractivity contribution in [3.05, 3.63) is 108 Å². The first kappa shape index (κ1) is 48.8. The molecular weight excluding hydrogens is 881 g/mol. The second-order valence-corrected chi connectivity index (χ2v) is 15.9. The number of carbonyl (C=O) groups is 8. The summed E-state index contributed by atoms with van der Waals surface area (Å²) in [5.74, 6) is -3.30. The molecule has 0 aliphatic rings. The van der Waals surface area contributed by atoms with Crippen molar-refractivity contribution in [1.29, 1.82) is 0 Å². The highest BCUT2D eigenvalue weighted by atomic mass is 16.2. The maximum atomic E-state index is 13.3. The highest BCUT2D eigenvalue weighted by molar-refractivity contribution is 6.09. The first-order chi connectivity index (χ1) is 32.4. The molecule has 24 heteroatoms. The maximum absolute atomic E-state index is 13.3. The van der Waals surface area contributed by atoms with Crippen LogP contribution in [0.25, 0.3) is 0 Å². The standard InChI is InChI=1S/C44H54N16O8/c1-55-14-13-47-38(55)44(68)54-30-19-35(60(6)25-30)43(67)51-27-16-31(56(2)22-27)39(63)48-11-7-9-36(61)50-26-15-33(58(4)21-26)41(65)53-29-18-34(59(5)24-29)42(66)52-28-17-32(57(3)23-28)40(64)49-20-37(62)46-12-8-10-45/h13-19,21-25H,7-12,20,45H2,1-6H3,(H,46,62)(H,48,63)(H,49,64)(H,50,61)(H,51,67)(H,52,66)(H,53,65)(H,54,68). The fraction of sp³-hybridized carbons (Fsp3) is 0.295. The Kier molecular flexibility index (Phi) is 15.5. The number of anilines is 5. The van der Waals surface area contributed by atoms with Gasteiger partial charge in [0, 0.05) is 105 Å². The number of rotatable bonds is 20. The normalized spacial score (nSPS) is 10.9. The molecule has 6 aromatic rings. The van der Waals surface area contributed by atoms with Gasteiger partial charge in [-0.2, -0.15) is 0 Å². The Morgan fingerprint density at radius 2 is 0.838 bits per heavy atom. The van der Waals surface area contributed by atoms with E-state index in [-0.39, 0.29) is 65.6 Å². The Labute approximate surface area is 389 Å². The molecule has 0 aliphatic heterocycles. The van der Waals surface area contributed by atoms with Crippen LogP contribution in [0, 0.1) is 0 Å². The van der Waals surface area contributed by atoms with Crippen molar-refractivity contribution >= 4 is 75.7 Å². The van der Waals surface area contributed by atoms with E-state index in [1.54, 1.807) is 93.2 Å². The van der Waals surface area contributed by atoms with Gasteiger partial charge in [0.25, 0.3) is 35.4 Å². The molecule has 0 saturated heterocycles. The topological polar surface area (TPSA) is 301 Å². The summed E-state index contributed by atoms with van der Waals surface area (Å²) < 4.78 is 9.27. The van der Waals surface area contributed by atoms with Crippen LogP contribution in [0.5, 0.6) is 0 Å². The highest BCUT2D eigenvalue weighted by Gasteiger charge is 2.21. The number of aromatic nitrogens is 7. The van der Waals surface area contributed by atoms with Gasteiger partial charge < -0.3 is 75.7 Å². The van der Waals surface area contributed by atoms with E-state index in [2.05, 4.69) is 47.5 Å². The summed E-state index contributed by atoms with van der Waals surface area (Å²) in [6.45, 7) is 0.792. The zero-order valence-electron chi connectivity index (χ0n) is 38.4. The molecule has 6 rings (SSSR count). The Hall–Kier alpha value is -8.67. The number of hydrogen-bond donors (Lipinski definition) is 9. The summed E-state index contributed by atoms with van der Waals surface area (Å²) >= 11 is 0. The highest BCUT2D eigenvalue weighted by Crippen LogP contribution is 2.21. The molecule has 8 amide bonds. The third-order valence-electron chi connectivity index (χ3n) is 10.5. The van der Waals surface area contributed by atoms with Crippen molar-refractivity contribution in [1.82, 2.24) is 48.3 Å². The molecule has 10 N–H and O–H groups in total. The SMILES string of the molecule is Cn1cc(NC(=O)c2cc(NC(=O)c3nccn3C)cn2C)cc1C(=O)NCCCC(=O)Nc1cc(C(=O)Nc2cc(C(=O)Nc3cc(C(=O)NCC(=O)NCCCN)n(C)c3)n(C)c2)n(C)c1. The Balaban J connectivity index is 0.930. The Bertz CT molecular complexity index is 2890. The third kappa shape index (κ3) is 12.2. The number of carbonyl (C=O) groups excluding carboxylic acids is 8. The van der Waals surface area contributed by atoms with Crippen molar-refractivity contribution in [2.75, 3.05) is 52.8 Å². The first-order valence-corrected chi connectivity index (χ1v) is 21.3. The number of nitrogens with one attached hydrogen (secondary N) is 8. The summed E-state index contributed by atoms with van der Waals surface area (Å²) in [4.78, 5) is 107. The zero-order chi connectivity index (χ0) is 49.2. The van der Waals surface area contributed by atoms with Crippen molar-refractivity contribution in [3.8, 4) is 0 Å². The molecule has 24 nitrogen and oxygen atoms in total. The van der Waals surface area contributed by atoms with Gasteiger partial charge in [-0.25, -0.2) is 4.98 Å². The second kappa shape index (κ2) is 21.5. The van der Waals surface area contributed by atoms with Crippen LogP contribution in [0.2, 0.25) is 0 Å². The number of aryl methyl sites for hydroxylation is 6. The third-order valence-corrected chi connectivity index (χ3v) is 10.5. The van der Waals surface area contributed by atoms with Crippen LogP contribution in [-0.2, 0) is 51.9 Å². The first-order valence-electron chi connectivity index (χ1n) is 21.3. The Morgan fingerprint density at radius 1 is 0.456 bits per heavy atom. The summed E-state index contributed by atoms with van der Waals surface area (Å²) in [6, 6.07) is 7.52. The molecule has 0 radical (unpaired) electrons. The summed E-state index contributed by atoms with van der Waals surface area (Å²) in [5, 5.41) is 21.8. The van der Waals surface area contributed by atoms with Crippen molar-refractivity contribution in [3.63, 3.8) is 0 Å². The van der Waals surface area contributed by atoms with E-state index in [0.717, 1.165) is 0 Å². The molecule has 6 heterocycles. The molecule has 0 bridgehead atoms. The predicted molar refractivity (Wildman–Crippen MR) is 251 cm³/mol. The fourth-order valence-corrected chi connectivity index (χ4v) is 7.06.